The highest BCUT2D eigenvalue weighted by molar-refractivity contribution is 6.22. The monoisotopic (exact) mass is 474 g/mol. The van der Waals surface area contributed by atoms with Gasteiger partial charge in [-0.25, -0.2) is 4.98 Å². The van der Waals surface area contributed by atoms with E-state index in [-0.39, 0.29) is 0 Å². The molecular formula is C31H18N6. The number of rotatable bonds is 2. The van der Waals surface area contributed by atoms with Gasteiger partial charge in [-0.1, -0.05) is 48.5 Å². The van der Waals surface area contributed by atoms with Crippen LogP contribution in [0.1, 0.15) is 0 Å². The molecular weight excluding hydrogens is 456 g/mol. The van der Waals surface area contributed by atoms with Crippen LogP contribution < -0.4 is 0 Å². The maximum absolute atomic E-state index is 5.04. The summed E-state index contributed by atoms with van der Waals surface area (Å²) in [6.45, 7) is 0. The summed E-state index contributed by atoms with van der Waals surface area (Å²) >= 11 is 0. The average molecular weight is 475 g/mol. The van der Waals surface area contributed by atoms with Gasteiger partial charge in [-0.05, 0) is 36.4 Å². The lowest BCUT2D eigenvalue weighted by Crippen LogP contribution is -1.98. The van der Waals surface area contributed by atoms with Crippen LogP contribution in [0.5, 0.6) is 0 Å². The Kier molecular flexibility index (Phi) is 4.13. The Hall–Kier alpha value is -5.23. The van der Waals surface area contributed by atoms with E-state index in [0.29, 0.717) is 5.82 Å². The number of aromatic nitrogens is 6. The molecule has 0 unspecified atom stereocenters. The van der Waals surface area contributed by atoms with Gasteiger partial charge in [0.25, 0.3) is 0 Å². The Labute approximate surface area is 210 Å². The second-order valence-electron chi connectivity index (χ2n) is 9.10. The predicted molar refractivity (Wildman–Crippen MR) is 148 cm³/mol. The van der Waals surface area contributed by atoms with E-state index in [9.17, 15) is 0 Å². The zero-order chi connectivity index (χ0) is 24.3. The number of pyridine rings is 2. The van der Waals surface area contributed by atoms with Crippen LogP contribution in [0.15, 0.2) is 110 Å². The van der Waals surface area contributed by atoms with Crippen molar-refractivity contribution in [3.63, 3.8) is 0 Å². The molecule has 0 aliphatic carbocycles. The van der Waals surface area contributed by atoms with Gasteiger partial charge in [-0.15, -0.1) is 10.2 Å². The lowest BCUT2D eigenvalue weighted by Gasteiger charge is -2.11. The minimum Gasteiger partial charge on any atom is -0.309 e. The van der Waals surface area contributed by atoms with E-state index in [2.05, 4.69) is 91.5 Å². The summed E-state index contributed by atoms with van der Waals surface area (Å²) in [5, 5.41) is 15.6. The summed E-state index contributed by atoms with van der Waals surface area (Å²) in [7, 11) is 0. The molecule has 0 aliphatic rings. The van der Waals surface area contributed by atoms with E-state index in [1.807, 2.05) is 30.6 Å². The highest BCUT2D eigenvalue weighted by Gasteiger charge is 2.15. The fourth-order valence-corrected chi connectivity index (χ4v) is 5.43. The fraction of sp³-hybridized carbons (Fsp3) is 0. The molecule has 0 radical (unpaired) electrons. The third-order valence-electron chi connectivity index (χ3n) is 7.07. The second-order valence-corrected chi connectivity index (χ2v) is 9.10. The fourth-order valence-electron chi connectivity index (χ4n) is 5.43. The van der Waals surface area contributed by atoms with Crippen LogP contribution in [0.25, 0.3) is 71.5 Å². The molecule has 37 heavy (non-hydrogen) atoms. The Morgan fingerprint density at radius 2 is 1.16 bits per heavy atom. The standard InChI is InChI=1S/C31H18N6/c1-3-10-27-21(8-1)22-9-2-4-11-28(22)37(27)20-7-5-6-19(16-20)31-34-29-23-12-14-32-17-25(23)26-18-33-15-13-24(26)30(29)35-36-31/h1-18H. The molecule has 0 spiro atoms. The first-order chi connectivity index (χ1) is 18.4. The zero-order valence-electron chi connectivity index (χ0n) is 19.6. The van der Waals surface area contributed by atoms with Crippen molar-refractivity contribution in [1.82, 2.24) is 29.7 Å². The summed E-state index contributed by atoms with van der Waals surface area (Å²) in [6, 6.07) is 29.3. The molecule has 4 heterocycles. The quantitative estimate of drug-likeness (QED) is 0.255. The zero-order valence-corrected chi connectivity index (χ0v) is 19.6. The van der Waals surface area contributed by atoms with Crippen LogP contribution in [-0.4, -0.2) is 29.7 Å². The lowest BCUT2D eigenvalue weighted by atomic mass is 10.0. The summed E-state index contributed by atoms with van der Waals surface area (Å²) in [6.07, 6.45) is 7.27. The van der Waals surface area contributed by atoms with Crippen molar-refractivity contribution in [3.05, 3.63) is 110 Å². The van der Waals surface area contributed by atoms with Crippen LogP contribution in [-0.2, 0) is 0 Å². The molecule has 8 rings (SSSR count). The topological polar surface area (TPSA) is 69.4 Å². The number of nitrogens with zero attached hydrogens (tertiary/aromatic N) is 6. The van der Waals surface area contributed by atoms with Crippen molar-refractivity contribution >= 4 is 54.4 Å². The summed E-state index contributed by atoms with van der Waals surface area (Å²) < 4.78 is 2.30. The molecule has 4 aromatic heterocycles. The lowest BCUT2D eigenvalue weighted by molar-refractivity contribution is 1.04. The van der Waals surface area contributed by atoms with Crippen molar-refractivity contribution in [2.45, 2.75) is 0 Å². The highest BCUT2D eigenvalue weighted by Crippen LogP contribution is 2.34. The van der Waals surface area contributed by atoms with Crippen molar-refractivity contribution < 1.29 is 0 Å². The molecule has 0 bridgehead atoms. The Balaban J connectivity index is 1.38. The van der Waals surface area contributed by atoms with Crippen molar-refractivity contribution in [1.29, 1.82) is 0 Å². The maximum Gasteiger partial charge on any atom is 0.182 e. The molecule has 0 saturated carbocycles. The van der Waals surface area contributed by atoms with Crippen LogP contribution >= 0.6 is 0 Å². The van der Waals surface area contributed by atoms with Gasteiger partial charge in [0, 0.05) is 68.4 Å². The van der Waals surface area contributed by atoms with Gasteiger partial charge in [-0.3, -0.25) is 9.97 Å². The van der Waals surface area contributed by atoms with Crippen LogP contribution in [0.2, 0.25) is 0 Å². The van der Waals surface area contributed by atoms with Gasteiger partial charge in [0.15, 0.2) is 5.82 Å². The summed E-state index contributed by atoms with van der Waals surface area (Å²) in [5.74, 6) is 0.585. The largest absolute Gasteiger partial charge is 0.309 e. The highest BCUT2D eigenvalue weighted by atomic mass is 15.2. The van der Waals surface area contributed by atoms with Gasteiger partial charge < -0.3 is 4.57 Å². The number of hydrogen-bond donors (Lipinski definition) is 0. The normalized spacial score (nSPS) is 11.8. The van der Waals surface area contributed by atoms with E-state index in [1.165, 1.54) is 10.8 Å². The molecule has 4 aromatic carbocycles. The van der Waals surface area contributed by atoms with Crippen molar-refractivity contribution in [3.8, 4) is 17.1 Å². The number of hydrogen-bond acceptors (Lipinski definition) is 5. The molecule has 0 fully saturated rings. The Bertz CT molecular complexity index is 2070. The van der Waals surface area contributed by atoms with Crippen LogP contribution in [0, 0.1) is 0 Å². The first-order valence-corrected chi connectivity index (χ1v) is 12.1. The molecule has 6 heteroatoms. The number of fused-ring (bicyclic) bond motifs is 9. The predicted octanol–water partition coefficient (Wildman–Crippen LogP) is 6.89. The number of para-hydroxylation sites is 2. The Morgan fingerprint density at radius 3 is 1.86 bits per heavy atom. The first kappa shape index (κ1) is 20.0. The van der Waals surface area contributed by atoms with Crippen LogP contribution in [0.4, 0.5) is 0 Å². The summed E-state index contributed by atoms with van der Waals surface area (Å²) in [4.78, 5) is 13.7. The molecule has 0 saturated heterocycles. The van der Waals surface area contributed by atoms with Gasteiger partial charge >= 0.3 is 0 Å². The second kappa shape index (κ2) is 7.63. The molecule has 0 aliphatic heterocycles. The van der Waals surface area contributed by atoms with Crippen LogP contribution in [0.3, 0.4) is 0 Å². The SMILES string of the molecule is c1cc(-c2nnc3c4ccncc4c4cnccc4c3n2)cc(-n2c3ccccc3c3ccccc32)c1. The third kappa shape index (κ3) is 2.90. The smallest absolute Gasteiger partial charge is 0.182 e. The van der Waals surface area contributed by atoms with Gasteiger partial charge in [0.1, 0.15) is 11.0 Å². The molecule has 0 atom stereocenters. The number of benzene rings is 4. The molecule has 8 aromatic rings. The molecule has 6 nitrogen and oxygen atoms in total. The van der Waals surface area contributed by atoms with E-state index in [4.69, 9.17) is 4.98 Å². The van der Waals surface area contributed by atoms with E-state index < -0.39 is 0 Å². The minimum absolute atomic E-state index is 0.585. The summed E-state index contributed by atoms with van der Waals surface area (Å²) in [5.41, 5.74) is 5.86. The minimum atomic E-state index is 0.585. The molecule has 0 N–H and O–H groups in total. The van der Waals surface area contributed by atoms with E-state index in [0.717, 1.165) is 54.9 Å². The van der Waals surface area contributed by atoms with Crippen molar-refractivity contribution in [2.24, 2.45) is 0 Å². The van der Waals surface area contributed by atoms with Gasteiger partial charge in [-0.2, -0.15) is 0 Å². The third-order valence-corrected chi connectivity index (χ3v) is 7.07. The first-order valence-electron chi connectivity index (χ1n) is 12.1. The van der Waals surface area contributed by atoms with E-state index >= 15 is 0 Å². The maximum atomic E-state index is 5.04. The average Bonchev–Trinajstić information content (AvgIpc) is 3.32. The van der Waals surface area contributed by atoms with Gasteiger partial charge in [0.05, 0.1) is 11.0 Å². The molecule has 0 amide bonds. The Morgan fingerprint density at radius 1 is 0.514 bits per heavy atom. The molecule has 172 valence electrons. The van der Waals surface area contributed by atoms with Gasteiger partial charge in [0.2, 0.25) is 0 Å². The van der Waals surface area contributed by atoms with Crippen molar-refractivity contribution in [2.75, 3.05) is 0 Å². The van der Waals surface area contributed by atoms with E-state index in [1.54, 1.807) is 12.4 Å².